The molecule has 1 aliphatic carbocycles. The Balaban J connectivity index is 1.81. The van der Waals surface area contributed by atoms with E-state index in [2.05, 4.69) is 5.32 Å². The van der Waals surface area contributed by atoms with Gasteiger partial charge in [0, 0.05) is 30.6 Å². The third kappa shape index (κ3) is 5.34. The first kappa shape index (κ1) is 26.7. The van der Waals surface area contributed by atoms with Crippen LogP contribution < -0.4 is 14.8 Å². The van der Waals surface area contributed by atoms with Crippen LogP contribution in [-0.2, 0) is 22.7 Å². The summed E-state index contributed by atoms with van der Waals surface area (Å²) in [5, 5.41) is 33.4. The van der Waals surface area contributed by atoms with Crippen LogP contribution in [0.4, 0.5) is 0 Å². The van der Waals surface area contributed by atoms with Gasteiger partial charge in [-0.2, -0.15) is 0 Å². The standard InChI is InChI=1S/C28H34N2O7/c1-3-7-23(33)30(15-17-8-5-4-6-9-17)21-14-20(28(35)29-10-11-31)24-19-12-18(16-32)13-22(36-2)26(19)37-27(24)25(21)34/h4-6,8-9,12-14,21,24-25,27,31-32,34H,3,7,10-11,15-16H2,1-2H3,(H,29,35). The fraction of sp³-hybridized carbons (Fsp3) is 0.429. The van der Waals surface area contributed by atoms with Crippen LogP contribution in [0.1, 0.15) is 42.4 Å². The fourth-order valence-electron chi connectivity index (χ4n) is 5.12. The summed E-state index contributed by atoms with van der Waals surface area (Å²) in [6.07, 6.45) is 0.564. The normalized spacial score (nSPS) is 21.8. The summed E-state index contributed by atoms with van der Waals surface area (Å²) in [5.41, 5.74) is 2.42. The maximum Gasteiger partial charge on any atom is 0.247 e. The number of carbonyl (C=O) groups excluding carboxylic acids is 2. The van der Waals surface area contributed by atoms with Crippen LogP contribution in [0, 0.1) is 0 Å². The van der Waals surface area contributed by atoms with Gasteiger partial charge in [-0.3, -0.25) is 9.59 Å². The second kappa shape index (κ2) is 11.8. The van der Waals surface area contributed by atoms with Gasteiger partial charge in [-0.05, 0) is 35.8 Å². The first-order valence-electron chi connectivity index (χ1n) is 12.5. The monoisotopic (exact) mass is 510 g/mol. The molecule has 2 aromatic rings. The number of benzene rings is 2. The quantitative estimate of drug-likeness (QED) is 0.383. The van der Waals surface area contributed by atoms with Crippen molar-refractivity contribution in [1.29, 1.82) is 0 Å². The van der Waals surface area contributed by atoms with Crippen molar-refractivity contribution < 1.29 is 34.4 Å². The molecule has 4 rings (SSSR count). The minimum Gasteiger partial charge on any atom is -0.493 e. The second-order valence-electron chi connectivity index (χ2n) is 9.27. The van der Waals surface area contributed by atoms with Crippen LogP contribution in [-0.4, -0.2) is 70.5 Å². The highest BCUT2D eigenvalue weighted by molar-refractivity contribution is 5.96. The summed E-state index contributed by atoms with van der Waals surface area (Å²) in [6.45, 7) is 1.75. The smallest absolute Gasteiger partial charge is 0.247 e. The lowest BCUT2D eigenvalue weighted by atomic mass is 9.77. The minimum atomic E-state index is -1.14. The highest BCUT2D eigenvalue weighted by Crippen LogP contribution is 2.51. The Morgan fingerprint density at radius 2 is 1.89 bits per heavy atom. The molecule has 0 saturated heterocycles. The Hall–Kier alpha value is -3.40. The maximum absolute atomic E-state index is 13.3. The molecule has 4 N–H and O–H groups in total. The number of carbonyl (C=O) groups is 2. The van der Waals surface area contributed by atoms with Gasteiger partial charge in [-0.25, -0.2) is 0 Å². The Morgan fingerprint density at radius 1 is 1.14 bits per heavy atom. The van der Waals surface area contributed by atoms with Gasteiger partial charge < -0.3 is 35.0 Å². The first-order chi connectivity index (χ1) is 17.9. The number of aliphatic hydroxyl groups excluding tert-OH is 3. The van der Waals surface area contributed by atoms with Crippen LogP contribution in [0.5, 0.6) is 11.5 Å². The van der Waals surface area contributed by atoms with E-state index in [1.54, 1.807) is 23.1 Å². The van der Waals surface area contributed by atoms with Crippen LogP contribution in [0.2, 0.25) is 0 Å². The van der Waals surface area contributed by atoms with Crippen molar-refractivity contribution in [2.45, 2.75) is 57.1 Å². The molecule has 9 nitrogen and oxygen atoms in total. The highest BCUT2D eigenvalue weighted by Gasteiger charge is 2.51. The number of ether oxygens (including phenoxy) is 2. The van der Waals surface area contributed by atoms with Gasteiger partial charge in [-0.1, -0.05) is 37.3 Å². The van der Waals surface area contributed by atoms with Crippen molar-refractivity contribution >= 4 is 11.8 Å². The molecular formula is C28H34N2O7. The largest absolute Gasteiger partial charge is 0.493 e. The molecule has 4 unspecified atom stereocenters. The van der Waals surface area contributed by atoms with Crippen molar-refractivity contribution in [2.75, 3.05) is 20.3 Å². The van der Waals surface area contributed by atoms with Gasteiger partial charge in [-0.15, -0.1) is 0 Å². The molecule has 2 aliphatic rings. The molecule has 0 fully saturated rings. The zero-order chi connectivity index (χ0) is 26.5. The van der Waals surface area contributed by atoms with Gasteiger partial charge in [0.25, 0.3) is 0 Å². The molecular weight excluding hydrogens is 476 g/mol. The molecule has 37 heavy (non-hydrogen) atoms. The van der Waals surface area contributed by atoms with Gasteiger partial charge in [0.05, 0.1) is 32.3 Å². The van der Waals surface area contributed by atoms with Crippen molar-refractivity contribution in [2.24, 2.45) is 0 Å². The molecule has 2 aromatic carbocycles. The summed E-state index contributed by atoms with van der Waals surface area (Å²) in [5.74, 6) is -0.438. The lowest BCUT2D eigenvalue weighted by Crippen LogP contribution is -2.55. The van der Waals surface area contributed by atoms with Crippen molar-refractivity contribution in [3.8, 4) is 11.5 Å². The number of rotatable bonds is 10. The number of fused-ring (bicyclic) bond motifs is 3. The SMILES string of the molecule is CCCC(=O)N(Cc1ccccc1)C1C=C(C(=O)NCCO)C2c3cc(CO)cc(OC)c3OC2C1O. The summed E-state index contributed by atoms with van der Waals surface area (Å²) >= 11 is 0. The molecule has 198 valence electrons. The van der Waals surface area contributed by atoms with Gasteiger partial charge in [0.2, 0.25) is 11.8 Å². The number of aliphatic hydroxyl groups is 3. The predicted octanol–water partition coefficient (Wildman–Crippen LogP) is 1.64. The number of nitrogens with zero attached hydrogens (tertiary/aromatic N) is 1. The van der Waals surface area contributed by atoms with E-state index in [9.17, 15) is 24.9 Å². The van der Waals surface area contributed by atoms with E-state index in [1.807, 2.05) is 37.3 Å². The average Bonchev–Trinajstić information content (AvgIpc) is 3.31. The molecule has 0 radical (unpaired) electrons. The third-order valence-corrected chi connectivity index (χ3v) is 6.83. The lowest BCUT2D eigenvalue weighted by molar-refractivity contribution is -0.138. The van der Waals surface area contributed by atoms with Gasteiger partial charge in [0.1, 0.15) is 12.2 Å². The molecule has 9 heteroatoms. The van der Waals surface area contributed by atoms with Crippen LogP contribution >= 0.6 is 0 Å². The second-order valence-corrected chi connectivity index (χ2v) is 9.27. The van der Waals surface area contributed by atoms with E-state index in [0.29, 0.717) is 41.0 Å². The molecule has 0 bridgehead atoms. The number of hydrogen-bond donors (Lipinski definition) is 4. The third-order valence-electron chi connectivity index (χ3n) is 6.83. The van der Waals surface area contributed by atoms with E-state index >= 15 is 0 Å². The lowest BCUT2D eigenvalue weighted by Gasteiger charge is -2.40. The van der Waals surface area contributed by atoms with Crippen molar-refractivity contribution in [3.63, 3.8) is 0 Å². The Labute approximate surface area is 216 Å². The average molecular weight is 511 g/mol. The summed E-state index contributed by atoms with van der Waals surface area (Å²) in [4.78, 5) is 28.2. The van der Waals surface area contributed by atoms with E-state index in [4.69, 9.17) is 9.47 Å². The zero-order valence-electron chi connectivity index (χ0n) is 21.1. The Morgan fingerprint density at radius 3 is 2.54 bits per heavy atom. The number of nitrogens with one attached hydrogen (secondary N) is 1. The molecule has 1 heterocycles. The van der Waals surface area contributed by atoms with Crippen molar-refractivity contribution in [3.05, 3.63) is 70.8 Å². The van der Waals surface area contributed by atoms with E-state index in [-0.39, 0.29) is 32.2 Å². The number of hydrogen-bond acceptors (Lipinski definition) is 7. The van der Waals surface area contributed by atoms with Crippen molar-refractivity contribution in [1.82, 2.24) is 10.2 Å². The van der Waals surface area contributed by atoms with E-state index < -0.39 is 30.1 Å². The summed E-state index contributed by atoms with van der Waals surface area (Å²) in [6, 6.07) is 12.1. The Kier molecular flexibility index (Phi) is 8.48. The molecule has 0 saturated carbocycles. The molecule has 4 atom stereocenters. The Bertz CT molecular complexity index is 1150. The van der Waals surface area contributed by atoms with Crippen LogP contribution in [0.3, 0.4) is 0 Å². The first-order valence-corrected chi connectivity index (χ1v) is 12.5. The number of methoxy groups -OCH3 is 1. The highest BCUT2D eigenvalue weighted by atomic mass is 16.5. The molecule has 0 spiro atoms. The maximum atomic E-state index is 13.3. The van der Waals surface area contributed by atoms with E-state index in [1.165, 1.54) is 7.11 Å². The van der Waals surface area contributed by atoms with Gasteiger partial charge in [0.15, 0.2) is 11.5 Å². The predicted molar refractivity (Wildman–Crippen MR) is 136 cm³/mol. The summed E-state index contributed by atoms with van der Waals surface area (Å²) < 4.78 is 11.7. The number of amides is 2. The zero-order valence-corrected chi connectivity index (χ0v) is 21.1. The molecule has 0 aromatic heterocycles. The van der Waals surface area contributed by atoms with Crippen LogP contribution in [0.15, 0.2) is 54.1 Å². The van der Waals surface area contributed by atoms with Crippen LogP contribution in [0.25, 0.3) is 0 Å². The molecule has 2 amide bonds. The molecule has 1 aliphatic heterocycles. The topological polar surface area (TPSA) is 129 Å². The summed E-state index contributed by atoms with van der Waals surface area (Å²) in [7, 11) is 1.48. The minimum absolute atomic E-state index is 0.0526. The van der Waals surface area contributed by atoms with E-state index in [0.717, 1.165) is 5.56 Å². The fourth-order valence-corrected chi connectivity index (χ4v) is 5.12. The van der Waals surface area contributed by atoms with Gasteiger partial charge >= 0.3 is 0 Å².